The molecule has 0 unspecified atom stereocenters. The van der Waals surface area contributed by atoms with Crippen LogP contribution < -0.4 is 16.0 Å². The maximum atomic E-state index is 12.6. The van der Waals surface area contributed by atoms with E-state index >= 15 is 0 Å². The molecule has 0 aliphatic carbocycles. The number of halogens is 4. The van der Waals surface area contributed by atoms with Crippen molar-refractivity contribution in [2.45, 2.75) is 19.0 Å². The molecular weight excluding hydrogens is 363 g/mol. The molecule has 0 saturated carbocycles. The van der Waals surface area contributed by atoms with Crippen molar-refractivity contribution in [1.29, 1.82) is 0 Å². The molecule has 3 rings (SSSR count). The number of nitrogens with zero attached hydrogens (tertiary/aromatic N) is 5. The van der Waals surface area contributed by atoms with E-state index in [1.165, 1.54) is 12.3 Å². The Hall–Kier alpha value is -1.71. The average Bonchev–Trinajstić information content (AvgIpc) is 3.16. The average molecular weight is 382 g/mol. The molecule has 24 heavy (non-hydrogen) atoms. The lowest BCUT2D eigenvalue weighted by molar-refractivity contribution is 0.0568. The van der Waals surface area contributed by atoms with Gasteiger partial charge in [-0.15, -0.1) is 24.8 Å². The summed E-state index contributed by atoms with van der Waals surface area (Å²) >= 11 is 0. The summed E-state index contributed by atoms with van der Waals surface area (Å²) in [5.74, 6) is 0.791. The minimum atomic E-state index is -2.68. The second kappa shape index (κ2) is 8.41. The van der Waals surface area contributed by atoms with Crippen LogP contribution in [0.15, 0.2) is 18.3 Å². The summed E-state index contributed by atoms with van der Waals surface area (Å²) in [5.41, 5.74) is 6.54. The number of likely N-dealkylation sites (N-methyl/N-ethyl adjacent to an activating group) is 1. The molecule has 0 amide bonds. The number of nitrogen functional groups attached to an aromatic ring is 1. The molecule has 3 N–H and O–H groups in total. The van der Waals surface area contributed by atoms with Crippen molar-refractivity contribution in [3.63, 3.8) is 0 Å². The third kappa shape index (κ3) is 4.22. The fourth-order valence-electron chi connectivity index (χ4n) is 2.53. The Morgan fingerprint density at radius 2 is 2.04 bits per heavy atom. The minimum absolute atomic E-state index is 0. The van der Waals surface area contributed by atoms with Crippen molar-refractivity contribution in [3.8, 4) is 11.4 Å². The third-order valence-corrected chi connectivity index (χ3v) is 3.72. The largest absolute Gasteiger partial charge is 0.368 e. The van der Waals surface area contributed by atoms with Gasteiger partial charge >= 0.3 is 6.55 Å². The Morgan fingerprint density at radius 1 is 1.29 bits per heavy atom. The van der Waals surface area contributed by atoms with Gasteiger partial charge in [-0.05, 0) is 19.5 Å². The van der Waals surface area contributed by atoms with Crippen LogP contribution in [0.1, 0.15) is 13.0 Å². The Kier molecular flexibility index (Phi) is 7.12. The topological polar surface area (TPSA) is 84.9 Å². The lowest BCUT2D eigenvalue weighted by atomic mass is 10.3. The molecule has 0 spiro atoms. The molecule has 1 atom stereocenters. The zero-order valence-corrected chi connectivity index (χ0v) is 14.5. The van der Waals surface area contributed by atoms with Gasteiger partial charge < -0.3 is 16.0 Å². The van der Waals surface area contributed by atoms with Crippen molar-refractivity contribution in [2.24, 2.45) is 0 Å². The first-order valence-corrected chi connectivity index (χ1v) is 6.97. The smallest absolute Gasteiger partial charge is 0.333 e. The molecule has 7 nitrogen and oxygen atoms in total. The van der Waals surface area contributed by atoms with Gasteiger partial charge in [-0.3, -0.25) is 0 Å². The second-order valence-electron chi connectivity index (χ2n) is 5.15. The van der Waals surface area contributed by atoms with Crippen molar-refractivity contribution in [2.75, 3.05) is 30.8 Å². The summed E-state index contributed by atoms with van der Waals surface area (Å²) in [6.07, 6.45) is 2.22. The van der Waals surface area contributed by atoms with Gasteiger partial charge in [0.2, 0.25) is 5.95 Å². The van der Waals surface area contributed by atoms with Crippen LogP contribution in [0, 0.1) is 0 Å². The lowest BCUT2D eigenvalue weighted by Crippen LogP contribution is -2.30. The van der Waals surface area contributed by atoms with Gasteiger partial charge in [-0.2, -0.15) is 18.9 Å². The van der Waals surface area contributed by atoms with E-state index in [1.54, 1.807) is 6.07 Å². The Balaban J connectivity index is 0.00000144. The van der Waals surface area contributed by atoms with E-state index in [1.807, 2.05) is 7.05 Å². The molecule has 0 aromatic carbocycles. The predicted octanol–water partition coefficient (Wildman–Crippen LogP) is 1.96. The zero-order valence-electron chi connectivity index (χ0n) is 12.9. The summed E-state index contributed by atoms with van der Waals surface area (Å²) in [7, 11) is 1.92. The first-order chi connectivity index (χ1) is 10.6. The molecule has 3 heterocycles. The summed E-state index contributed by atoms with van der Waals surface area (Å²) in [5, 5.41) is 7.03. The number of rotatable bonds is 4. The van der Waals surface area contributed by atoms with Gasteiger partial charge in [-0.1, -0.05) is 0 Å². The number of nitrogens with two attached hydrogens (primary N) is 1. The summed E-state index contributed by atoms with van der Waals surface area (Å²) in [6.45, 7) is -1.01. The normalized spacial score (nSPS) is 16.8. The van der Waals surface area contributed by atoms with E-state index in [0.717, 1.165) is 19.5 Å². The molecule has 2 aromatic rings. The zero-order chi connectivity index (χ0) is 15.7. The van der Waals surface area contributed by atoms with E-state index in [9.17, 15) is 8.78 Å². The van der Waals surface area contributed by atoms with Crippen LogP contribution in [0.25, 0.3) is 11.4 Å². The fraction of sp³-hybridized carbons (Fsp3) is 0.462. The van der Waals surface area contributed by atoms with Crippen LogP contribution >= 0.6 is 24.8 Å². The van der Waals surface area contributed by atoms with Crippen molar-refractivity contribution < 1.29 is 8.78 Å². The molecule has 0 bridgehead atoms. The molecule has 1 fully saturated rings. The van der Waals surface area contributed by atoms with Crippen molar-refractivity contribution in [3.05, 3.63) is 18.3 Å². The second-order valence-corrected chi connectivity index (χ2v) is 5.15. The number of hydrogen-bond donors (Lipinski definition) is 2. The van der Waals surface area contributed by atoms with Crippen LogP contribution in [0.4, 0.5) is 20.5 Å². The number of nitrogens with one attached hydrogen (secondary N) is 1. The number of alkyl halides is 2. The van der Waals surface area contributed by atoms with E-state index in [2.05, 4.69) is 25.3 Å². The van der Waals surface area contributed by atoms with Crippen LogP contribution in [0.2, 0.25) is 0 Å². The van der Waals surface area contributed by atoms with Gasteiger partial charge in [-0.25, -0.2) is 9.67 Å². The lowest BCUT2D eigenvalue weighted by Gasteiger charge is -2.18. The van der Waals surface area contributed by atoms with E-state index in [4.69, 9.17) is 5.73 Å². The molecule has 1 saturated heterocycles. The minimum Gasteiger partial charge on any atom is -0.368 e. The van der Waals surface area contributed by atoms with Gasteiger partial charge in [0.15, 0.2) is 0 Å². The highest BCUT2D eigenvalue weighted by Gasteiger charge is 2.23. The van der Waals surface area contributed by atoms with E-state index in [-0.39, 0.29) is 30.8 Å². The maximum Gasteiger partial charge on any atom is 0.333 e. The molecule has 1 aliphatic heterocycles. The van der Waals surface area contributed by atoms with Crippen LogP contribution in [-0.2, 0) is 0 Å². The monoisotopic (exact) mass is 381 g/mol. The maximum absolute atomic E-state index is 12.6. The first kappa shape index (κ1) is 20.3. The highest BCUT2D eigenvalue weighted by atomic mass is 35.5. The Bertz CT molecular complexity index is 668. The summed E-state index contributed by atoms with van der Waals surface area (Å²) in [4.78, 5) is 10.4. The third-order valence-electron chi connectivity index (χ3n) is 3.72. The molecular formula is C13H19Cl2F2N7. The Morgan fingerprint density at radius 3 is 2.62 bits per heavy atom. The van der Waals surface area contributed by atoms with Gasteiger partial charge in [0.1, 0.15) is 11.5 Å². The quantitative estimate of drug-likeness (QED) is 0.841. The van der Waals surface area contributed by atoms with Gasteiger partial charge in [0.05, 0.1) is 5.69 Å². The molecule has 11 heteroatoms. The van der Waals surface area contributed by atoms with Crippen molar-refractivity contribution >= 4 is 36.6 Å². The number of anilines is 2. The van der Waals surface area contributed by atoms with Crippen LogP contribution in [0.3, 0.4) is 0 Å². The number of aromatic nitrogens is 4. The van der Waals surface area contributed by atoms with E-state index < -0.39 is 6.55 Å². The molecule has 2 aromatic heterocycles. The molecule has 0 radical (unpaired) electrons. The van der Waals surface area contributed by atoms with Crippen molar-refractivity contribution in [1.82, 2.24) is 25.1 Å². The highest BCUT2D eigenvalue weighted by Crippen LogP contribution is 2.25. The molecule has 134 valence electrons. The van der Waals surface area contributed by atoms with E-state index in [0.29, 0.717) is 27.9 Å². The predicted molar refractivity (Wildman–Crippen MR) is 93.1 cm³/mol. The van der Waals surface area contributed by atoms with Gasteiger partial charge in [0, 0.05) is 31.4 Å². The fourth-order valence-corrected chi connectivity index (χ4v) is 2.53. The SMILES string of the molecule is CN[C@@H]1CCN(c2cc(-c3ccn(C(F)F)n3)nc(N)n2)C1.Cl.Cl. The highest BCUT2D eigenvalue weighted by molar-refractivity contribution is 5.85. The summed E-state index contributed by atoms with van der Waals surface area (Å²) < 4.78 is 25.8. The standard InChI is InChI=1S/C13H17F2N7.2ClH/c1-17-8-2-4-21(7-8)11-6-10(18-13(16)19-11)9-3-5-22(20-9)12(14)15;;/h3,5-6,8,12,17H,2,4,7H2,1H3,(H2,16,18,19);2*1H/t8-;;/m1../s1. The van der Waals surface area contributed by atoms with Crippen LogP contribution in [-0.4, -0.2) is 45.9 Å². The molecule has 1 aliphatic rings. The first-order valence-electron chi connectivity index (χ1n) is 6.97. The number of hydrogen-bond acceptors (Lipinski definition) is 6. The Labute approximate surface area is 150 Å². The van der Waals surface area contributed by atoms with Crippen LogP contribution in [0.5, 0.6) is 0 Å². The summed E-state index contributed by atoms with van der Waals surface area (Å²) in [6, 6.07) is 3.61. The van der Waals surface area contributed by atoms with Gasteiger partial charge in [0.25, 0.3) is 0 Å².